The van der Waals surface area contributed by atoms with Crippen LogP contribution in [0.5, 0.6) is 0 Å². The summed E-state index contributed by atoms with van der Waals surface area (Å²) in [6.07, 6.45) is 2.18. The van der Waals surface area contributed by atoms with Crippen LogP contribution in [-0.4, -0.2) is 37.2 Å². The second-order valence-corrected chi connectivity index (χ2v) is 5.26. The number of thiocarbonyl (C=S) groups is 1. The van der Waals surface area contributed by atoms with Crippen molar-refractivity contribution >= 4 is 28.8 Å². The molecule has 0 aliphatic carbocycles. The van der Waals surface area contributed by atoms with Gasteiger partial charge in [0.05, 0.1) is 4.99 Å². The van der Waals surface area contributed by atoms with Gasteiger partial charge in [-0.2, -0.15) is 14.6 Å². The molecule has 2 heterocycles. The quantitative estimate of drug-likeness (QED) is 0.832. The predicted octanol–water partition coefficient (Wildman–Crippen LogP) is 1.32. The van der Waals surface area contributed by atoms with Gasteiger partial charge < -0.3 is 10.6 Å². The van der Waals surface area contributed by atoms with Crippen LogP contribution in [0.4, 0.5) is 5.82 Å². The maximum absolute atomic E-state index is 5.60. The minimum atomic E-state index is 0.309. The molecule has 0 aliphatic heterocycles. The largest absolute Gasteiger partial charge is 0.393 e. The number of hydrogen-bond donors (Lipinski definition) is 1. The smallest absolute Gasteiger partial charge is 0.254 e. The van der Waals surface area contributed by atoms with Crippen molar-refractivity contribution < 1.29 is 0 Å². The maximum atomic E-state index is 5.60. The van der Waals surface area contributed by atoms with Crippen LogP contribution in [0.3, 0.4) is 0 Å². The molecule has 7 heteroatoms. The van der Waals surface area contributed by atoms with E-state index in [1.807, 2.05) is 13.0 Å². The molecular formula is C12H18N6S. The van der Waals surface area contributed by atoms with Gasteiger partial charge in [0, 0.05) is 30.8 Å². The number of anilines is 1. The van der Waals surface area contributed by atoms with E-state index in [-0.39, 0.29) is 0 Å². The Morgan fingerprint density at radius 2 is 2.26 bits per heavy atom. The first-order valence-corrected chi connectivity index (χ1v) is 6.62. The highest BCUT2D eigenvalue weighted by molar-refractivity contribution is 7.80. The minimum absolute atomic E-state index is 0.309. The van der Waals surface area contributed by atoms with E-state index in [9.17, 15) is 0 Å². The Hall–Kier alpha value is -1.76. The Balaban J connectivity index is 2.43. The molecule has 0 aromatic carbocycles. The number of hydrogen-bond acceptors (Lipinski definition) is 5. The summed E-state index contributed by atoms with van der Waals surface area (Å²) >= 11 is 4.96. The van der Waals surface area contributed by atoms with Gasteiger partial charge in [-0.05, 0) is 20.8 Å². The van der Waals surface area contributed by atoms with Crippen LogP contribution in [0.25, 0.3) is 5.78 Å². The third kappa shape index (κ3) is 2.98. The Bertz CT molecular complexity index is 591. The minimum Gasteiger partial charge on any atom is -0.393 e. The lowest BCUT2D eigenvalue weighted by atomic mass is 10.2. The van der Waals surface area contributed by atoms with Gasteiger partial charge in [-0.3, -0.25) is 0 Å². The molecule has 6 nitrogen and oxygen atoms in total. The van der Waals surface area contributed by atoms with E-state index >= 15 is 0 Å². The summed E-state index contributed by atoms with van der Waals surface area (Å²) in [5.74, 6) is 1.57. The van der Waals surface area contributed by atoms with E-state index < -0.39 is 0 Å². The van der Waals surface area contributed by atoms with E-state index in [2.05, 4.69) is 33.8 Å². The number of nitrogens with zero attached hydrogens (tertiary/aromatic N) is 5. The summed E-state index contributed by atoms with van der Waals surface area (Å²) in [6.45, 7) is 6.95. The summed E-state index contributed by atoms with van der Waals surface area (Å²) in [6, 6.07) is 2.31. The zero-order valence-electron chi connectivity index (χ0n) is 11.4. The SMILES string of the molecule is Cc1cc(N(CCC(N)=S)C(C)C)n2ncnc2n1. The summed E-state index contributed by atoms with van der Waals surface area (Å²) in [7, 11) is 0. The highest BCUT2D eigenvalue weighted by atomic mass is 32.1. The fourth-order valence-corrected chi connectivity index (χ4v) is 2.08. The molecule has 0 aliphatic rings. The van der Waals surface area contributed by atoms with Gasteiger partial charge in [-0.25, -0.2) is 4.98 Å². The molecule has 0 unspecified atom stereocenters. The average molecular weight is 278 g/mol. The monoisotopic (exact) mass is 278 g/mol. The molecule has 0 atom stereocenters. The first-order valence-electron chi connectivity index (χ1n) is 6.21. The Labute approximate surface area is 117 Å². The molecule has 2 rings (SSSR count). The van der Waals surface area contributed by atoms with Crippen LogP contribution >= 0.6 is 12.2 Å². The van der Waals surface area contributed by atoms with Gasteiger partial charge >= 0.3 is 0 Å². The lowest BCUT2D eigenvalue weighted by Crippen LogP contribution is -2.35. The standard InChI is InChI=1S/C12H18N6S/c1-8(2)17(5-4-10(13)19)11-6-9(3)16-12-14-7-15-18(11)12/h6-8H,4-5H2,1-3H3,(H2,13,19). The van der Waals surface area contributed by atoms with Crippen molar-refractivity contribution in [3.05, 3.63) is 18.1 Å². The van der Waals surface area contributed by atoms with Gasteiger partial charge in [-0.15, -0.1) is 0 Å². The van der Waals surface area contributed by atoms with Crippen LogP contribution in [0.1, 0.15) is 26.0 Å². The van der Waals surface area contributed by atoms with Gasteiger partial charge in [0.2, 0.25) is 0 Å². The summed E-state index contributed by atoms with van der Waals surface area (Å²) in [5.41, 5.74) is 6.51. The third-order valence-corrected chi connectivity index (χ3v) is 3.08. The van der Waals surface area contributed by atoms with Crippen molar-refractivity contribution in [1.29, 1.82) is 0 Å². The van der Waals surface area contributed by atoms with Crippen LogP contribution in [0.2, 0.25) is 0 Å². The fourth-order valence-electron chi connectivity index (χ4n) is 1.98. The number of rotatable bonds is 5. The third-order valence-electron chi connectivity index (χ3n) is 2.88. The van der Waals surface area contributed by atoms with Crippen LogP contribution in [0, 0.1) is 6.92 Å². The Morgan fingerprint density at radius 3 is 2.89 bits per heavy atom. The molecule has 0 saturated heterocycles. The molecular weight excluding hydrogens is 260 g/mol. The highest BCUT2D eigenvalue weighted by Crippen LogP contribution is 2.18. The number of aryl methyl sites for hydroxylation is 1. The van der Waals surface area contributed by atoms with Crippen molar-refractivity contribution in [2.24, 2.45) is 5.73 Å². The van der Waals surface area contributed by atoms with Gasteiger partial charge in [-0.1, -0.05) is 12.2 Å². The van der Waals surface area contributed by atoms with Crippen molar-refractivity contribution in [2.45, 2.75) is 33.2 Å². The highest BCUT2D eigenvalue weighted by Gasteiger charge is 2.16. The molecule has 2 aromatic rings. The molecule has 0 bridgehead atoms. The first-order chi connectivity index (χ1) is 8.99. The number of aromatic nitrogens is 4. The van der Waals surface area contributed by atoms with Gasteiger partial charge in [0.15, 0.2) is 0 Å². The normalized spacial score (nSPS) is 11.2. The second-order valence-electron chi connectivity index (χ2n) is 4.73. The van der Waals surface area contributed by atoms with Gasteiger partial charge in [0.25, 0.3) is 5.78 Å². The summed E-state index contributed by atoms with van der Waals surface area (Å²) in [4.78, 5) is 11.2. The van der Waals surface area contributed by atoms with Crippen molar-refractivity contribution in [2.75, 3.05) is 11.4 Å². The average Bonchev–Trinajstić information content (AvgIpc) is 2.75. The van der Waals surface area contributed by atoms with E-state index in [0.29, 0.717) is 23.2 Å². The zero-order valence-corrected chi connectivity index (χ0v) is 12.2. The molecule has 102 valence electrons. The lowest BCUT2D eigenvalue weighted by Gasteiger charge is -2.28. The maximum Gasteiger partial charge on any atom is 0.254 e. The summed E-state index contributed by atoms with van der Waals surface area (Å²) < 4.78 is 1.74. The first kappa shape index (κ1) is 13.7. The van der Waals surface area contributed by atoms with Crippen molar-refractivity contribution in [3.8, 4) is 0 Å². The molecule has 0 saturated carbocycles. The molecule has 2 N–H and O–H groups in total. The lowest BCUT2D eigenvalue weighted by molar-refractivity contribution is 0.665. The number of nitrogens with two attached hydrogens (primary N) is 1. The van der Waals surface area contributed by atoms with Crippen LogP contribution in [0.15, 0.2) is 12.4 Å². The van der Waals surface area contributed by atoms with Crippen LogP contribution < -0.4 is 10.6 Å². The van der Waals surface area contributed by atoms with E-state index in [1.54, 1.807) is 4.52 Å². The molecule has 0 radical (unpaired) electrons. The van der Waals surface area contributed by atoms with Crippen LogP contribution in [-0.2, 0) is 0 Å². The molecule has 2 aromatic heterocycles. The summed E-state index contributed by atoms with van der Waals surface area (Å²) in [5, 5.41) is 4.23. The Morgan fingerprint density at radius 1 is 1.53 bits per heavy atom. The second kappa shape index (κ2) is 5.48. The van der Waals surface area contributed by atoms with Crippen molar-refractivity contribution in [3.63, 3.8) is 0 Å². The Kier molecular flexibility index (Phi) is 3.94. The molecule has 0 fully saturated rings. The van der Waals surface area contributed by atoms with Gasteiger partial charge in [0.1, 0.15) is 12.1 Å². The number of fused-ring (bicyclic) bond motifs is 1. The predicted molar refractivity (Wildman–Crippen MR) is 79.4 cm³/mol. The van der Waals surface area contributed by atoms with E-state index in [0.717, 1.165) is 18.1 Å². The molecule has 0 amide bonds. The molecule has 19 heavy (non-hydrogen) atoms. The zero-order chi connectivity index (χ0) is 14.0. The topological polar surface area (TPSA) is 72.3 Å². The fraction of sp³-hybridized carbons (Fsp3) is 0.500. The van der Waals surface area contributed by atoms with E-state index in [4.69, 9.17) is 18.0 Å². The molecule has 0 spiro atoms. The van der Waals surface area contributed by atoms with Crippen molar-refractivity contribution in [1.82, 2.24) is 19.6 Å². The van der Waals surface area contributed by atoms with E-state index in [1.165, 1.54) is 6.33 Å².